The number of hydrogen-bond donors (Lipinski definition) is 1. The Morgan fingerprint density at radius 1 is 1.38 bits per heavy atom. The van der Waals surface area contributed by atoms with Gasteiger partial charge in [0.1, 0.15) is 0 Å². The van der Waals surface area contributed by atoms with E-state index in [2.05, 4.69) is 17.9 Å². The van der Waals surface area contributed by atoms with E-state index in [0.29, 0.717) is 12.1 Å². The predicted octanol–water partition coefficient (Wildman–Crippen LogP) is 2.13. The molecule has 1 fully saturated rings. The van der Waals surface area contributed by atoms with Gasteiger partial charge in [-0.3, -0.25) is 4.90 Å². The molecule has 0 aliphatic heterocycles. The van der Waals surface area contributed by atoms with Gasteiger partial charge in [0.25, 0.3) is 0 Å². The number of nitrogens with two attached hydrogens (primary N) is 1. The highest BCUT2D eigenvalue weighted by Gasteiger charge is 2.24. The van der Waals surface area contributed by atoms with Crippen molar-refractivity contribution < 1.29 is 0 Å². The van der Waals surface area contributed by atoms with Crippen molar-refractivity contribution >= 4 is 0 Å². The van der Waals surface area contributed by atoms with Crippen LogP contribution in [0.3, 0.4) is 0 Å². The number of nitriles is 1. The fourth-order valence-corrected chi connectivity index (χ4v) is 2.57. The van der Waals surface area contributed by atoms with Gasteiger partial charge >= 0.3 is 0 Å². The van der Waals surface area contributed by atoms with Gasteiger partial charge in [0.15, 0.2) is 0 Å². The molecule has 1 rings (SSSR count). The molecule has 0 spiro atoms. The van der Waals surface area contributed by atoms with Crippen molar-refractivity contribution in [3.05, 3.63) is 0 Å². The highest BCUT2D eigenvalue weighted by molar-refractivity contribution is 4.86. The summed E-state index contributed by atoms with van der Waals surface area (Å²) < 4.78 is 0. The average molecular weight is 223 g/mol. The van der Waals surface area contributed by atoms with Gasteiger partial charge in [-0.1, -0.05) is 6.92 Å². The number of hydrogen-bond acceptors (Lipinski definition) is 3. The van der Waals surface area contributed by atoms with E-state index in [0.717, 1.165) is 25.9 Å². The van der Waals surface area contributed by atoms with E-state index >= 15 is 0 Å². The lowest BCUT2D eigenvalue weighted by Gasteiger charge is -2.36. The van der Waals surface area contributed by atoms with Gasteiger partial charge in [-0.25, -0.2) is 0 Å². The molecule has 0 bridgehead atoms. The van der Waals surface area contributed by atoms with E-state index in [1.807, 2.05) is 6.92 Å². The zero-order valence-corrected chi connectivity index (χ0v) is 10.7. The van der Waals surface area contributed by atoms with Gasteiger partial charge in [-0.05, 0) is 45.6 Å². The fraction of sp³-hybridized carbons (Fsp3) is 0.923. The van der Waals surface area contributed by atoms with Crippen molar-refractivity contribution in [3.8, 4) is 6.07 Å². The van der Waals surface area contributed by atoms with Gasteiger partial charge in [0.2, 0.25) is 0 Å². The van der Waals surface area contributed by atoms with Crippen LogP contribution in [0.5, 0.6) is 0 Å². The third-order valence-electron chi connectivity index (χ3n) is 3.50. The van der Waals surface area contributed by atoms with Gasteiger partial charge in [-0.15, -0.1) is 0 Å². The average Bonchev–Trinajstić information content (AvgIpc) is 2.29. The second-order valence-corrected chi connectivity index (χ2v) is 5.09. The van der Waals surface area contributed by atoms with Crippen LogP contribution in [-0.4, -0.2) is 30.1 Å². The molecule has 92 valence electrons. The Hall–Kier alpha value is -0.590. The molecule has 0 amide bonds. The maximum absolute atomic E-state index is 8.90. The summed E-state index contributed by atoms with van der Waals surface area (Å²) >= 11 is 0. The Bertz CT molecular complexity index is 226. The van der Waals surface area contributed by atoms with Crippen LogP contribution in [0.4, 0.5) is 0 Å². The molecule has 0 heterocycles. The fourth-order valence-electron chi connectivity index (χ4n) is 2.57. The highest BCUT2D eigenvalue weighted by atomic mass is 15.2. The van der Waals surface area contributed by atoms with E-state index in [1.165, 1.54) is 19.3 Å². The van der Waals surface area contributed by atoms with E-state index in [9.17, 15) is 0 Å². The summed E-state index contributed by atoms with van der Waals surface area (Å²) in [5, 5.41) is 8.90. The largest absolute Gasteiger partial charge is 0.328 e. The van der Waals surface area contributed by atoms with Crippen LogP contribution in [0.25, 0.3) is 0 Å². The molecule has 3 heteroatoms. The van der Waals surface area contributed by atoms with E-state index in [1.54, 1.807) is 0 Å². The minimum Gasteiger partial charge on any atom is -0.328 e. The lowest BCUT2D eigenvalue weighted by atomic mass is 9.90. The van der Waals surface area contributed by atoms with Crippen LogP contribution in [0, 0.1) is 17.2 Å². The molecule has 0 radical (unpaired) electrons. The second kappa shape index (κ2) is 6.88. The molecular formula is C13H25N3. The lowest BCUT2D eigenvalue weighted by Crippen LogP contribution is -2.43. The first-order valence-electron chi connectivity index (χ1n) is 6.56. The second-order valence-electron chi connectivity index (χ2n) is 5.09. The molecule has 0 aromatic heterocycles. The van der Waals surface area contributed by atoms with Gasteiger partial charge < -0.3 is 5.73 Å². The lowest BCUT2D eigenvalue weighted by molar-refractivity contribution is 0.140. The van der Waals surface area contributed by atoms with E-state index in [-0.39, 0.29) is 5.92 Å². The first-order chi connectivity index (χ1) is 7.67. The monoisotopic (exact) mass is 223 g/mol. The van der Waals surface area contributed by atoms with Crippen molar-refractivity contribution in [2.45, 2.75) is 58.0 Å². The molecule has 1 atom stereocenters. The summed E-state index contributed by atoms with van der Waals surface area (Å²) in [6.45, 7) is 6.26. The zero-order valence-electron chi connectivity index (χ0n) is 10.7. The first-order valence-corrected chi connectivity index (χ1v) is 6.56. The van der Waals surface area contributed by atoms with Crippen LogP contribution in [0.2, 0.25) is 0 Å². The Morgan fingerprint density at radius 2 is 2.00 bits per heavy atom. The van der Waals surface area contributed by atoms with E-state index in [4.69, 9.17) is 11.0 Å². The van der Waals surface area contributed by atoms with Crippen molar-refractivity contribution in [2.24, 2.45) is 11.7 Å². The molecule has 1 unspecified atom stereocenters. The Balaban J connectivity index is 2.46. The first kappa shape index (κ1) is 13.5. The number of nitrogens with zero attached hydrogens (tertiary/aromatic N) is 2. The topological polar surface area (TPSA) is 53.0 Å². The van der Waals surface area contributed by atoms with Crippen LogP contribution < -0.4 is 5.73 Å². The molecule has 0 saturated heterocycles. The Morgan fingerprint density at radius 3 is 2.50 bits per heavy atom. The molecular weight excluding hydrogens is 198 g/mol. The maximum atomic E-state index is 8.90. The third kappa shape index (κ3) is 4.11. The summed E-state index contributed by atoms with van der Waals surface area (Å²) in [6.07, 6.45) is 5.87. The minimum atomic E-state index is 0.141. The van der Waals surface area contributed by atoms with Crippen LogP contribution in [0.1, 0.15) is 46.0 Å². The molecule has 1 aliphatic rings. The maximum Gasteiger partial charge on any atom is 0.0666 e. The summed E-state index contributed by atoms with van der Waals surface area (Å²) in [6, 6.07) is 3.41. The molecule has 1 aliphatic carbocycles. The summed E-state index contributed by atoms with van der Waals surface area (Å²) in [5.41, 5.74) is 5.93. The van der Waals surface area contributed by atoms with Crippen molar-refractivity contribution in [2.75, 3.05) is 13.1 Å². The summed E-state index contributed by atoms with van der Waals surface area (Å²) in [7, 11) is 0. The van der Waals surface area contributed by atoms with Gasteiger partial charge in [-0.2, -0.15) is 5.26 Å². The smallest absolute Gasteiger partial charge is 0.0666 e. The quantitative estimate of drug-likeness (QED) is 0.777. The third-order valence-corrected chi connectivity index (χ3v) is 3.50. The normalized spacial score (nSPS) is 27.7. The zero-order chi connectivity index (χ0) is 12.0. The number of rotatable bonds is 5. The van der Waals surface area contributed by atoms with Crippen molar-refractivity contribution in [1.29, 1.82) is 5.26 Å². The molecule has 0 aromatic carbocycles. The predicted molar refractivity (Wildman–Crippen MR) is 66.9 cm³/mol. The van der Waals surface area contributed by atoms with Crippen LogP contribution >= 0.6 is 0 Å². The van der Waals surface area contributed by atoms with Gasteiger partial charge in [0, 0.05) is 18.6 Å². The minimum absolute atomic E-state index is 0.141. The molecule has 0 aromatic rings. The summed E-state index contributed by atoms with van der Waals surface area (Å²) in [4.78, 5) is 2.50. The van der Waals surface area contributed by atoms with Crippen molar-refractivity contribution in [1.82, 2.24) is 4.90 Å². The summed E-state index contributed by atoms with van der Waals surface area (Å²) in [5.74, 6) is 0.141. The Labute approximate surface area is 99.6 Å². The highest BCUT2D eigenvalue weighted by Crippen LogP contribution is 2.23. The van der Waals surface area contributed by atoms with Gasteiger partial charge in [0.05, 0.1) is 12.0 Å². The van der Waals surface area contributed by atoms with Crippen LogP contribution in [0.15, 0.2) is 0 Å². The van der Waals surface area contributed by atoms with Crippen molar-refractivity contribution in [3.63, 3.8) is 0 Å². The molecule has 1 saturated carbocycles. The van der Waals surface area contributed by atoms with Crippen LogP contribution in [-0.2, 0) is 0 Å². The van der Waals surface area contributed by atoms with E-state index < -0.39 is 0 Å². The standard InChI is InChI=1S/C13H25N3/c1-3-8-16(10-11(2)9-14)13-6-4-12(15)5-7-13/h11-13H,3-8,10,15H2,1-2H3. The molecule has 3 nitrogen and oxygen atoms in total. The molecule has 2 N–H and O–H groups in total. The molecule has 16 heavy (non-hydrogen) atoms. The Kier molecular flexibility index (Phi) is 5.79. The SMILES string of the molecule is CCCN(CC(C)C#N)C1CCC(N)CC1.